The Hall–Kier alpha value is -1.93. The van der Waals surface area contributed by atoms with Gasteiger partial charge in [-0.15, -0.1) is 0 Å². The average molecular weight is 437 g/mol. The molecule has 1 N–H and O–H groups in total. The zero-order valence-electron chi connectivity index (χ0n) is 17.7. The van der Waals surface area contributed by atoms with Gasteiger partial charge in [-0.25, -0.2) is 13.2 Å². The summed E-state index contributed by atoms with van der Waals surface area (Å²) in [6.07, 6.45) is 2.92. The Kier molecular flexibility index (Phi) is 5.66. The largest absolute Gasteiger partial charge is 0.347 e. The summed E-state index contributed by atoms with van der Waals surface area (Å²) < 4.78 is 49.0. The van der Waals surface area contributed by atoms with Gasteiger partial charge in [-0.3, -0.25) is 9.40 Å². The summed E-state index contributed by atoms with van der Waals surface area (Å²) in [6, 6.07) is 3.17. The highest BCUT2D eigenvalue weighted by atomic mass is 32.2. The summed E-state index contributed by atoms with van der Waals surface area (Å²) in [7, 11) is 1.56. The normalized spacial score (nSPS) is 14.9. The van der Waals surface area contributed by atoms with Crippen LogP contribution in [0.4, 0.5) is 13.2 Å². The molecule has 0 aliphatic heterocycles. The van der Waals surface area contributed by atoms with Crippen LogP contribution < -0.4 is 4.72 Å². The number of aromatic nitrogens is 3. The second-order valence-electron chi connectivity index (χ2n) is 9.20. The van der Waals surface area contributed by atoms with Crippen molar-refractivity contribution in [3.63, 3.8) is 0 Å². The summed E-state index contributed by atoms with van der Waals surface area (Å²) in [6.45, 7) is 7.78. The van der Waals surface area contributed by atoms with Crippen LogP contribution in [0.25, 0.3) is 22.2 Å². The smallest absolute Gasteiger partial charge is 0.267 e. The van der Waals surface area contributed by atoms with E-state index in [4.69, 9.17) is 0 Å². The van der Waals surface area contributed by atoms with E-state index >= 15 is 4.39 Å². The number of nitrogens with one attached hydrogen (secondary N) is 1. The Labute approximate surface area is 179 Å². The van der Waals surface area contributed by atoms with E-state index in [2.05, 4.69) is 41.4 Å². The van der Waals surface area contributed by atoms with Crippen molar-refractivity contribution in [1.29, 1.82) is 0 Å². The summed E-state index contributed by atoms with van der Waals surface area (Å²) >= 11 is 1.73. The van der Waals surface area contributed by atoms with Crippen molar-refractivity contribution in [2.75, 3.05) is 0 Å². The molecular formula is C22H27F3N4S. The van der Waals surface area contributed by atoms with E-state index in [1.54, 1.807) is 25.1 Å². The van der Waals surface area contributed by atoms with Crippen LogP contribution in [-0.2, 0) is 20.1 Å². The summed E-state index contributed by atoms with van der Waals surface area (Å²) in [5.41, 5.74) is 1.87. The van der Waals surface area contributed by atoms with Crippen LogP contribution in [-0.4, -0.2) is 19.6 Å². The summed E-state index contributed by atoms with van der Waals surface area (Å²) in [5, 5.41) is 5.42. The molecule has 30 heavy (non-hydrogen) atoms. The fraction of sp³-hybridized carbons (Fsp3) is 0.500. The number of nitrogens with zero attached hydrogens (tertiary/aromatic N) is 3. The lowest BCUT2D eigenvalue weighted by molar-refractivity contribution is 0.152. The number of rotatable bonds is 7. The maximum absolute atomic E-state index is 15.2. The van der Waals surface area contributed by atoms with Crippen molar-refractivity contribution < 1.29 is 13.2 Å². The second-order valence-corrected chi connectivity index (χ2v) is 10.4. The van der Waals surface area contributed by atoms with Gasteiger partial charge in [0.15, 0.2) is 0 Å². The molecule has 1 aromatic carbocycles. The van der Waals surface area contributed by atoms with Crippen molar-refractivity contribution in [1.82, 2.24) is 19.1 Å². The van der Waals surface area contributed by atoms with E-state index in [0.29, 0.717) is 11.8 Å². The van der Waals surface area contributed by atoms with Gasteiger partial charge in [0.1, 0.15) is 5.82 Å². The monoisotopic (exact) mass is 436 g/mol. The molecule has 162 valence electrons. The van der Waals surface area contributed by atoms with Gasteiger partial charge in [-0.05, 0) is 36.0 Å². The molecule has 0 saturated heterocycles. The first-order valence-corrected chi connectivity index (χ1v) is 11.0. The van der Waals surface area contributed by atoms with E-state index < -0.39 is 12.2 Å². The van der Waals surface area contributed by atoms with Crippen LogP contribution in [0.3, 0.4) is 0 Å². The summed E-state index contributed by atoms with van der Waals surface area (Å²) in [5.74, 6) is -0.516. The molecule has 1 fully saturated rings. The van der Waals surface area contributed by atoms with E-state index in [0.717, 1.165) is 29.2 Å². The Balaban J connectivity index is 1.81. The molecule has 4 nitrogen and oxygen atoms in total. The Morgan fingerprint density at radius 2 is 2.00 bits per heavy atom. The minimum absolute atomic E-state index is 0.00855. The van der Waals surface area contributed by atoms with Crippen LogP contribution in [0.1, 0.15) is 51.2 Å². The fourth-order valence-corrected chi connectivity index (χ4v) is 4.56. The SMILES string of the molecule is Cn1ncc(C(F)F)c1-c1cc2c(cc1F)c(CNSC1CC1)cn2CC(C)(C)C. The van der Waals surface area contributed by atoms with E-state index in [-0.39, 0.29) is 22.2 Å². The highest BCUT2D eigenvalue weighted by Crippen LogP contribution is 2.37. The number of benzene rings is 1. The number of fused-ring (bicyclic) bond motifs is 1. The molecule has 0 amide bonds. The molecule has 8 heteroatoms. The van der Waals surface area contributed by atoms with Crippen molar-refractivity contribution in [3.8, 4) is 11.3 Å². The average Bonchev–Trinajstić information content (AvgIpc) is 3.31. The van der Waals surface area contributed by atoms with Gasteiger partial charge in [0.2, 0.25) is 0 Å². The molecule has 1 aliphatic rings. The number of hydrogen-bond acceptors (Lipinski definition) is 3. The van der Waals surface area contributed by atoms with Gasteiger partial charge in [0.05, 0.1) is 17.5 Å². The minimum atomic E-state index is -2.72. The van der Waals surface area contributed by atoms with Gasteiger partial charge in [0.25, 0.3) is 6.43 Å². The first kappa shape index (κ1) is 21.3. The standard InChI is InChI=1S/C22H27F3N4S/c1-22(2,3)12-29-11-13(9-27-30-14-5-6-14)15-7-18(23)16(8-19(15)29)20-17(21(24)25)10-26-28(20)4/h7-8,10-11,14,21,27H,5-6,9,12H2,1-4H3. The van der Waals surface area contributed by atoms with Gasteiger partial charge >= 0.3 is 0 Å². The highest BCUT2D eigenvalue weighted by Gasteiger charge is 2.25. The third-order valence-corrected chi connectivity index (χ3v) is 6.31. The van der Waals surface area contributed by atoms with Crippen molar-refractivity contribution in [3.05, 3.63) is 41.5 Å². The fourth-order valence-electron chi connectivity index (χ4n) is 3.72. The van der Waals surface area contributed by atoms with Crippen LogP contribution in [0, 0.1) is 11.2 Å². The lowest BCUT2D eigenvalue weighted by atomic mass is 9.97. The molecule has 2 aromatic heterocycles. The minimum Gasteiger partial charge on any atom is -0.347 e. The van der Waals surface area contributed by atoms with Crippen LogP contribution in [0.5, 0.6) is 0 Å². The molecule has 0 spiro atoms. The Morgan fingerprint density at radius 3 is 2.63 bits per heavy atom. The third kappa shape index (κ3) is 4.39. The zero-order chi connectivity index (χ0) is 21.6. The maximum atomic E-state index is 15.2. The van der Waals surface area contributed by atoms with E-state index in [1.807, 2.05) is 0 Å². The predicted octanol–water partition coefficient (Wildman–Crippen LogP) is 6.06. The first-order chi connectivity index (χ1) is 14.1. The Morgan fingerprint density at radius 1 is 1.27 bits per heavy atom. The molecule has 3 aromatic rings. The number of alkyl halides is 2. The van der Waals surface area contributed by atoms with Gasteiger partial charge in [0, 0.05) is 48.1 Å². The molecule has 0 bridgehead atoms. The maximum Gasteiger partial charge on any atom is 0.267 e. The Bertz CT molecular complexity index is 1060. The second kappa shape index (κ2) is 7.96. The van der Waals surface area contributed by atoms with Crippen LogP contribution in [0.15, 0.2) is 24.5 Å². The topological polar surface area (TPSA) is 34.8 Å². The number of hydrogen-bond donors (Lipinski definition) is 1. The molecule has 2 heterocycles. The predicted molar refractivity (Wildman–Crippen MR) is 116 cm³/mol. The van der Waals surface area contributed by atoms with Crippen molar-refractivity contribution in [2.45, 2.75) is 58.4 Å². The summed E-state index contributed by atoms with van der Waals surface area (Å²) in [4.78, 5) is 0. The van der Waals surface area contributed by atoms with Crippen LogP contribution >= 0.6 is 11.9 Å². The molecule has 1 aliphatic carbocycles. The number of halogens is 3. The lowest BCUT2D eigenvalue weighted by Gasteiger charge is -2.20. The van der Waals surface area contributed by atoms with Crippen LogP contribution in [0.2, 0.25) is 0 Å². The quantitative estimate of drug-likeness (QED) is 0.457. The van der Waals surface area contributed by atoms with Gasteiger partial charge in [-0.1, -0.05) is 32.7 Å². The van der Waals surface area contributed by atoms with Gasteiger partial charge in [-0.2, -0.15) is 5.10 Å². The van der Waals surface area contributed by atoms with Crippen molar-refractivity contribution >= 4 is 22.9 Å². The highest BCUT2D eigenvalue weighted by molar-refractivity contribution is 7.98. The molecule has 0 radical (unpaired) electrons. The van der Waals surface area contributed by atoms with Crippen molar-refractivity contribution in [2.24, 2.45) is 12.5 Å². The molecular weight excluding hydrogens is 409 g/mol. The molecule has 1 saturated carbocycles. The number of aryl methyl sites for hydroxylation is 1. The lowest BCUT2D eigenvalue weighted by Crippen LogP contribution is -2.14. The molecule has 4 rings (SSSR count). The molecule has 0 unspecified atom stereocenters. The first-order valence-electron chi connectivity index (χ1n) is 10.1. The van der Waals surface area contributed by atoms with E-state index in [9.17, 15) is 8.78 Å². The molecule has 0 atom stereocenters. The third-order valence-electron chi connectivity index (χ3n) is 5.19. The van der Waals surface area contributed by atoms with E-state index in [1.165, 1.54) is 23.6 Å². The zero-order valence-corrected chi connectivity index (χ0v) is 18.5. The van der Waals surface area contributed by atoms with Gasteiger partial charge < -0.3 is 4.57 Å².